The average Bonchev–Trinajstić information content (AvgIpc) is 2.89. The smallest absolute Gasteiger partial charge is 0.243 e. The highest BCUT2D eigenvalue weighted by Gasteiger charge is 2.26. The minimum Gasteiger partial charge on any atom is -0.306 e. The summed E-state index contributed by atoms with van der Waals surface area (Å²) in [6.45, 7) is 3.12. The van der Waals surface area contributed by atoms with Crippen molar-refractivity contribution >= 4 is 32.6 Å². The molecule has 1 aromatic carbocycles. The topological polar surface area (TPSA) is 54.0 Å². The summed E-state index contributed by atoms with van der Waals surface area (Å²) >= 11 is 1.53. The second-order valence-electron chi connectivity index (χ2n) is 5.28. The van der Waals surface area contributed by atoms with E-state index in [-0.39, 0.29) is 11.9 Å². The number of amides is 1. The molecule has 0 saturated carbocycles. The first-order valence-electron chi connectivity index (χ1n) is 7.16. The molecule has 0 aliphatic carbocycles. The summed E-state index contributed by atoms with van der Waals surface area (Å²) in [7, 11) is 0. The summed E-state index contributed by atoms with van der Waals surface area (Å²) in [6, 6.07) is 7.85. The van der Waals surface area contributed by atoms with Crippen molar-refractivity contribution in [2.24, 2.45) is 5.92 Å². The highest BCUT2D eigenvalue weighted by atomic mass is 32.1. The molecule has 0 spiro atoms. The number of hydrogen-bond donors (Lipinski definition) is 2. The Labute approximate surface area is 122 Å². The van der Waals surface area contributed by atoms with Crippen LogP contribution in [0.2, 0.25) is 0 Å². The van der Waals surface area contributed by atoms with Crippen molar-refractivity contribution in [3.8, 4) is 0 Å². The van der Waals surface area contributed by atoms with Crippen molar-refractivity contribution in [1.29, 1.82) is 0 Å². The standard InChI is InChI=1S/C15H19N3OS/c1-2-10-7-8-16-12(9-10)14(19)18-15-17-11-5-3-4-6-13(11)20-15/h3-6,10,12,16H,2,7-9H2,1H3,(H,17,18,19). The molecule has 1 aliphatic heterocycles. The molecule has 3 rings (SSSR count). The van der Waals surface area contributed by atoms with Gasteiger partial charge in [-0.1, -0.05) is 36.8 Å². The molecular weight excluding hydrogens is 270 g/mol. The Bertz CT molecular complexity index is 577. The van der Waals surface area contributed by atoms with E-state index in [1.54, 1.807) is 0 Å². The number of para-hydroxylation sites is 1. The normalized spacial score (nSPS) is 22.9. The van der Waals surface area contributed by atoms with Crippen LogP contribution in [0.1, 0.15) is 26.2 Å². The molecule has 106 valence electrons. The molecule has 1 saturated heterocycles. The van der Waals surface area contributed by atoms with Crippen molar-refractivity contribution in [2.75, 3.05) is 11.9 Å². The summed E-state index contributed by atoms with van der Waals surface area (Å²) in [5.74, 6) is 0.699. The second kappa shape index (κ2) is 5.89. The molecule has 0 radical (unpaired) electrons. The minimum atomic E-state index is -0.0827. The van der Waals surface area contributed by atoms with Crippen molar-refractivity contribution in [1.82, 2.24) is 10.3 Å². The molecule has 1 aromatic heterocycles. The van der Waals surface area contributed by atoms with Crippen LogP contribution in [0.5, 0.6) is 0 Å². The third-order valence-corrected chi connectivity index (χ3v) is 4.88. The fourth-order valence-corrected chi connectivity index (χ4v) is 3.55. The van der Waals surface area contributed by atoms with Crippen LogP contribution in [0, 0.1) is 5.92 Å². The van der Waals surface area contributed by atoms with Gasteiger partial charge in [0.25, 0.3) is 0 Å². The maximum Gasteiger partial charge on any atom is 0.243 e. The van der Waals surface area contributed by atoms with E-state index in [1.165, 1.54) is 17.8 Å². The first kappa shape index (κ1) is 13.5. The van der Waals surface area contributed by atoms with Gasteiger partial charge in [-0.2, -0.15) is 0 Å². The predicted octanol–water partition coefficient (Wildman–Crippen LogP) is 3.01. The van der Waals surface area contributed by atoms with E-state index in [0.717, 1.165) is 29.6 Å². The van der Waals surface area contributed by atoms with Gasteiger partial charge in [-0.3, -0.25) is 4.79 Å². The largest absolute Gasteiger partial charge is 0.306 e. The molecule has 2 atom stereocenters. The molecule has 2 heterocycles. The second-order valence-corrected chi connectivity index (χ2v) is 6.31. The van der Waals surface area contributed by atoms with E-state index >= 15 is 0 Å². The number of nitrogens with one attached hydrogen (secondary N) is 2. The van der Waals surface area contributed by atoms with Gasteiger partial charge >= 0.3 is 0 Å². The number of hydrogen-bond acceptors (Lipinski definition) is 4. The van der Waals surface area contributed by atoms with Crippen LogP contribution in [0.4, 0.5) is 5.13 Å². The quantitative estimate of drug-likeness (QED) is 0.913. The van der Waals surface area contributed by atoms with Gasteiger partial charge in [-0.05, 0) is 37.4 Å². The minimum absolute atomic E-state index is 0.0437. The molecule has 1 aliphatic rings. The number of nitrogens with zero attached hydrogens (tertiary/aromatic N) is 1. The Morgan fingerprint density at radius 3 is 3.15 bits per heavy atom. The van der Waals surface area contributed by atoms with Crippen LogP contribution < -0.4 is 10.6 Å². The van der Waals surface area contributed by atoms with Crippen molar-refractivity contribution in [3.63, 3.8) is 0 Å². The van der Waals surface area contributed by atoms with E-state index < -0.39 is 0 Å². The molecule has 2 unspecified atom stereocenters. The van der Waals surface area contributed by atoms with Gasteiger partial charge in [0.15, 0.2) is 5.13 Å². The molecule has 1 amide bonds. The lowest BCUT2D eigenvalue weighted by Gasteiger charge is -2.28. The Kier molecular flexibility index (Phi) is 3.98. The number of piperidine rings is 1. The molecule has 20 heavy (non-hydrogen) atoms. The predicted molar refractivity (Wildman–Crippen MR) is 83.1 cm³/mol. The van der Waals surface area contributed by atoms with Crippen molar-refractivity contribution in [2.45, 2.75) is 32.2 Å². The van der Waals surface area contributed by atoms with Gasteiger partial charge in [-0.25, -0.2) is 4.98 Å². The van der Waals surface area contributed by atoms with Crippen LogP contribution in [0.3, 0.4) is 0 Å². The maximum absolute atomic E-state index is 12.3. The lowest BCUT2D eigenvalue weighted by atomic mass is 9.90. The number of benzene rings is 1. The number of fused-ring (bicyclic) bond motifs is 1. The van der Waals surface area contributed by atoms with Gasteiger partial charge in [0.2, 0.25) is 5.91 Å². The first-order chi connectivity index (χ1) is 9.76. The van der Waals surface area contributed by atoms with Crippen molar-refractivity contribution < 1.29 is 4.79 Å². The number of rotatable bonds is 3. The third kappa shape index (κ3) is 2.83. The number of aromatic nitrogens is 1. The maximum atomic E-state index is 12.3. The Morgan fingerprint density at radius 2 is 2.35 bits per heavy atom. The fourth-order valence-electron chi connectivity index (χ4n) is 2.68. The molecule has 5 heteroatoms. The number of anilines is 1. The van der Waals surface area contributed by atoms with Crippen molar-refractivity contribution in [3.05, 3.63) is 24.3 Å². The molecule has 1 fully saturated rings. The van der Waals surface area contributed by atoms with E-state index in [4.69, 9.17) is 0 Å². The van der Waals surface area contributed by atoms with Crippen LogP contribution in [-0.4, -0.2) is 23.5 Å². The summed E-state index contributed by atoms with van der Waals surface area (Å²) in [5.41, 5.74) is 0.941. The number of thiazole rings is 1. The molecule has 2 N–H and O–H groups in total. The van der Waals surface area contributed by atoms with Gasteiger partial charge in [0, 0.05) is 0 Å². The average molecular weight is 289 g/mol. The summed E-state index contributed by atoms with van der Waals surface area (Å²) < 4.78 is 1.10. The van der Waals surface area contributed by atoms with Gasteiger partial charge in [0.05, 0.1) is 16.3 Å². The Morgan fingerprint density at radius 1 is 1.50 bits per heavy atom. The lowest BCUT2D eigenvalue weighted by Crippen LogP contribution is -2.46. The van der Waals surface area contributed by atoms with Crippen LogP contribution in [0.15, 0.2) is 24.3 Å². The van der Waals surface area contributed by atoms with Gasteiger partial charge in [0.1, 0.15) is 0 Å². The monoisotopic (exact) mass is 289 g/mol. The first-order valence-corrected chi connectivity index (χ1v) is 7.97. The van der Waals surface area contributed by atoms with Gasteiger partial charge in [-0.15, -0.1) is 0 Å². The molecule has 4 nitrogen and oxygen atoms in total. The molecular formula is C15H19N3OS. The zero-order valence-corrected chi connectivity index (χ0v) is 12.4. The van der Waals surface area contributed by atoms with E-state index in [9.17, 15) is 4.79 Å². The Balaban J connectivity index is 1.68. The zero-order chi connectivity index (χ0) is 13.9. The van der Waals surface area contributed by atoms with E-state index in [1.807, 2.05) is 24.3 Å². The van der Waals surface area contributed by atoms with Crippen LogP contribution >= 0.6 is 11.3 Å². The Hall–Kier alpha value is -1.46. The fraction of sp³-hybridized carbons (Fsp3) is 0.467. The van der Waals surface area contributed by atoms with Gasteiger partial charge < -0.3 is 10.6 Å². The lowest BCUT2D eigenvalue weighted by molar-refractivity contribution is -0.119. The van der Waals surface area contributed by atoms with E-state index in [2.05, 4.69) is 22.5 Å². The zero-order valence-electron chi connectivity index (χ0n) is 11.6. The highest BCUT2D eigenvalue weighted by molar-refractivity contribution is 7.22. The number of carbonyl (C=O) groups is 1. The van der Waals surface area contributed by atoms with Crippen LogP contribution in [-0.2, 0) is 4.79 Å². The number of carbonyl (C=O) groups excluding carboxylic acids is 1. The summed E-state index contributed by atoms with van der Waals surface area (Å²) in [4.78, 5) is 16.7. The summed E-state index contributed by atoms with van der Waals surface area (Å²) in [6.07, 6.45) is 3.24. The molecule has 0 bridgehead atoms. The third-order valence-electron chi connectivity index (χ3n) is 3.93. The van der Waals surface area contributed by atoms with Crippen LogP contribution in [0.25, 0.3) is 10.2 Å². The molecule has 2 aromatic rings. The highest BCUT2D eigenvalue weighted by Crippen LogP contribution is 2.26. The SMILES string of the molecule is CCC1CCNC(C(=O)Nc2nc3ccccc3s2)C1. The van der Waals surface area contributed by atoms with E-state index in [0.29, 0.717) is 11.0 Å². The summed E-state index contributed by atoms with van der Waals surface area (Å²) in [5, 5.41) is 6.94.